The monoisotopic (exact) mass is 637 g/mol. The van der Waals surface area contributed by atoms with Crippen LogP contribution in [0.25, 0.3) is 76.5 Å². The third kappa shape index (κ3) is 4.73. The number of hydrogen-bond donors (Lipinski definition) is 0. The summed E-state index contributed by atoms with van der Waals surface area (Å²) in [5.41, 5.74) is 9.89. The largest absolute Gasteiger partial charge is 0.456 e. The summed E-state index contributed by atoms with van der Waals surface area (Å²) in [6, 6.07) is 67.6. The number of fused-ring (bicyclic) bond motifs is 6. The van der Waals surface area contributed by atoms with Crippen molar-refractivity contribution in [3.05, 3.63) is 188 Å². The summed E-state index contributed by atoms with van der Waals surface area (Å²) < 4.78 is 6.39. The van der Waals surface area contributed by atoms with E-state index in [4.69, 9.17) is 4.42 Å². The van der Waals surface area contributed by atoms with Crippen LogP contribution in [-0.4, -0.2) is 0 Å². The van der Waals surface area contributed by atoms with E-state index in [1.807, 2.05) is 0 Å². The molecule has 0 bridgehead atoms. The summed E-state index contributed by atoms with van der Waals surface area (Å²) in [7, 11) is 0. The molecule has 9 aromatic carbocycles. The number of furan rings is 1. The first-order chi connectivity index (χ1) is 24.8. The summed E-state index contributed by atoms with van der Waals surface area (Å²) in [5, 5.41) is 9.64. The molecule has 0 atom stereocenters. The number of rotatable bonds is 5. The fraction of sp³-hybridized carbons (Fsp3) is 0. The Kier molecular flexibility index (Phi) is 6.53. The SMILES string of the molecule is c1ccc2cc(N(c3ccc(-c4cccc5ccccc45)cc3)c3ccc(-c4cccc5oc6cc7ccccc7cc6c45)cc3)ccc2c1. The predicted molar refractivity (Wildman–Crippen MR) is 212 cm³/mol. The summed E-state index contributed by atoms with van der Waals surface area (Å²) in [6.07, 6.45) is 0. The van der Waals surface area contributed by atoms with Crippen LogP contribution in [0.15, 0.2) is 192 Å². The first-order valence-corrected chi connectivity index (χ1v) is 17.1. The molecule has 2 heteroatoms. The zero-order valence-corrected chi connectivity index (χ0v) is 27.3. The first-order valence-electron chi connectivity index (χ1n) is 17.1. The van der Waals surface area contributed by atoms with E-state index in [0.29, 0.717) is 0 Å². The average Bonchev–Trinajstić information content (AvgIpc) is 3.55. The second-order valence-corrected chi connectivity index (χ2v) is 13.0. The number of anilines is 3. The quantitative estimate of drug-likeness (QED) is 0.187. The Hall–Kier alpha value is -6.64. The second kappa shape index (κ2) is 11.5. The number of nitrogens with zero attached hydrogens (tertiary/aromatic N) is 1. The van der Waals surface area contributed by atoms with Crippen LogP contribution in [-0.2, 0) is 0 Å². The smallest absolute Gasteiger partial charge is 0.136 e. The molecule has 0 saturated heterocycles. The van der Waals surface area contributed by atoms with E-state index in [0.717, 1.165) is 44.6 Å². The Balaban J connectivity index is 1.09. The molecule has 1 heterocycles. The van der Waals surface area contributed by atoms with Crippen molar-refractivity contribution >= 4 is 71.3 Å². The molecular weight excluding hydrogens is 607 g/mol. The van der Waals surface area contributed by atoms with E-state index in [1.54, 1.807) is 0 Å². The third-order valence-electron chi connectivity index (χ3n) is 10.0. The summed E-state index contributed by atoms with van der Waals surface area (Å²) in [6.45, 7) is 0. The molecule has 50 heavy (non-hydrogen) atoms. The maximum atomic E-state index is 6.39. The average molecular weight is 638 g/mol. The van der Waals surface area contributed by atoms with Gasteiger partial charge in [0.1, 0.15) is 11.2 Å². The van der Waals surface area contributed by atoms with Crippen LogP contribution in [0.2, 0.25) is 0 Å². The molecule has 0 saturated carbocycles. The summed E-state index contributed by atoms with van der Waals surface area (Å²) in [4.78, 5) is 2.35. The zero-order valence-electron chi connectivity index (χ0n) is 27.3. The van der Waals surface area contributed by atoms with Crippen LogP contribution in [0.5, 0.6) is 0 Å². The molecule has 0 aliphatic heterocycles. The molecule has 0 amide bonds. The van der Waals surface area contributed by atoms with Crippen molar-refractivity contribution < 1.29 is 4.42 Å². The highest BCUT2D eigenvalue weighted by Crippen LogP contribution is 2.41. The lowest BCUT2D eigenvalue weighted by atomic mass is 9.97. The van der Waals surface area contributed by atoms with Crippen LogP contribution >= 0.6 is 0 Å². The normalized spacial score (nSPS) is 11.6. The predicted octanol–water partition coefficient (Wildman–Crippen LogP) is 13.8. The van der Waals surface area contributed by atoms with Crippen molar-refractivity contribution in [3.8, 4) is 22.3 Å². The van der Waals surface area contributed by atoms with Crippen LogP contribution in [0.1, 0.15) is 0 Å². The van der Waals surface area contributed by atoms with Gasteiger partial charge >= 0.3 is 0 Å². The molecule has 0 unspecified atom stereocenters. The molecule has 0 aliphatic rings. The van der Waals surface area contributed by atoms with Crippen LogP contribution < -0.4 is 4.90 Å². The fourth-order valence-corrected chi connectivity index (χ4v) is 7.57. The van der Waals surface area contributed by atoms with Gasteiger partial charge < -0.3 is 9.32 Å². The second-order valence-electron chi connectivity index (χ2n) is 13.0. The summed E-state index contributed by atoms with van der Waals surface area (Å²) in [5.74, 6) is 0. The van der Waals surface area contributed by atoms with Crippen LogP contribution in [0.3, 0.4) is 0 Å². The Morgan fingerprint density at radius 1 is 0.320 bits per heavy atom. The highest BCUT2D eigenvalue weighted by atomic mass is 16.3. The van der Waals surface area contributed by atoms with Crippen molar-refractivity contribution in [3.63, 3.8) is 0 Å². The van der Waals surface area contributed by atoms with Gasteiger partial charge in [0, 0.05) is 27.8 Å². The molecule has 0 fully saturated rings. The van der Waals surface area contributed by atoms with Crippen molar-refractivity contribution in [1.82, 2.24) is 0 Å². The van der Waals surface area contributed by atoms with E-state index in [1.165, 1.54) is 49.0 Å². The number of benzene rings is 9. The van der Waals surface area contributed by atoms with Gasteiger partial charge in [-0.2, -0.15) is 0 Å². The van der Waals surface area contributed by atoms with Crippen LogP contribution in [0, 0.1) is 0 Å². The molecule has 2 nitrogen and oxygen atoms in total. The van der Waals surface area contributed by atoms with Gasteiger partial charge in [-0.1, -0.05) is 133 Å². The van der Waals surface area contributed by atoms with E-state index >= 15 is 0 Å². The fourth-order valence-electron chi connectivity index (χ4n) is 7.57. The van der Waals surface area contributed by atoms with Gasteiger partial charge in [0.2, 0.25) is 0 Å². The first kappa shape index (κ1) is 28.4. The highest BCUT2D eigenvalue weighted by molar-refractivity contribution is 6.15. The molecule has 0 aliphatic carbocycles. The Bertz CT molecular complexity index is 2860. The lowest BCUT2D eigenvalue weighted by Crippen LogP contribution is -2.09. The molecule has 10 aromatic rings. The van der Waals surface area contributed by atoms with E-state index in [2.05, 4.69) is 193 Å². The van der Waals surface area contributed by atoms with Crippen molar-refractivity contribution in [2.75, 3.05) is 4.90 Å². The maximum Gasteiger partial charge on any atom is 0.136 e. The molecular formula is C48H31NO. The zero-order chi connectivity index (χ0) is 33.0. The highest BCUT2D eigenvalue weighted by Gasteiger charge is 2.17. The van der Waals surface area contributed by atoms with Gasteiger partial charge in [-0.05, 0) is 109 Å². The van der Waals surface area contributed by atoms with Crippen molar-refractivity contribution in [1.29, 1.82) is 0 Å². The van der Waals surface area contributed by atoms with Gasteiger partial charge in [0.05, 0.1) is 0 Å². The minimum absolute atomic E-state index is 0.904. The summed E-state index contributed by atoms with van der Waals surface area (Å²) >= 11 is 0. The molecule has 0 N–H and O–H groups in total. The Labute approximate surface area is 290 Å². The maximum absolute atomic E-state index is 6.39. The minimum atomic E-state index is 0.904. The molecule has 0 radical (unpaired) electrons. The van der Waals surface area contributed by atoms with E-state index in [9.17, 15) is 0 Å². The molecule has 1 aromatic heterocycles. The van der Waals surface area contributed by atoms with Gasteiger partial charge in [0.15, 0.2) is 0 Å². The lowest BCUT2D eigenvalue weighted by molar-refractivity contribution is 0.669. The standard InChI is InChI=1S/C48H31NO/c1-2-11-36-29-41(28-19-32(36)9-1)49(39-24-20-34(21-25-39)43-16-7-14-33-10-5-6-15-42(33)43)40-26-22-35(23-27-40)44-17-8-18-46-48(44)45-30-37-12-3-4-13-38(37)31-47(45)50-46/h1-31H. The van der Waals surface area contributed by atoms with Gasteiger partial charge in [0.25, 0.3) is 0 Å². The minimum Gasteiger partial charge on any atom is -0.456 e. The van der Waals surface area contributed by atoms with Gasteiger partial charge in [-0.15, -0.1) is 0 Å². The van der Waals surface area contributed by atoms with E-state index in [-0.39, 0.29) is 0 Å². The molecule has 234 valence electrons. The van der Waals surface area contributed by atoms with Crippen molar-refractivity contribution in [2.45, 2.75) is 0 Å². The van der Waals surface area contributed by atoms with Gasteiger partial charge in [-0.25, -0.2) is 0 Å². The Morgan fingerprint density at radius 3 is 1.60 bits per heavy atom. The Morgan fingerprint density at radius 2 is 0.860 bits per heavy atom. The molecule has 0 spiro atoms. The topological polar surface area (TPSA) is 16.4 Å². The lowest BCUT2D eigenvalue weighted by Gasteiger charge is -2.26. The van der Waals surface area contributed by atoms with Crippen molar-refractivity contribution in [2.24, 2.45) is 0 Å². The molecule has 10 rings (SSSR count). The van der Waals surface area contributed by atoms with E-state index < -0.39 is 0 Å². The number of hydrogen-bond acceptors (Lipinski definition) is 2. The van der Waals surface area contributed by atoms with Crippen LogP contribution in [0.4, 0.5) is 17.1 Å². The van der Waals surface area contributed by atoms with Gasteiger partial charge in [-0.3, -0.25) is 0 Å². The third-order valence-corrected chi connectivity index (χ3v) is 10.0.